The van der Waals surface area contributed by atoms with Gasteiger partial charge in [-0.25, -0.2) is 18.1 Å². The number of nitrogens with zero attached hydrogens (tertiary/aromatic N) is 1. The first-order valence-electron chi connectivity index (χ1n) is 9.43. The molecule has 2 aromatic carbocycles. The van der Waals surface area contributed by atoms with Gasteiger partial charge in [-0.15, -0.1) is 0 Å². The third-order valence-electron chi connectivity index (χ3n) is 5.00. The van der Waals surface area contributed by atoms with Crippen LogP contribution in [0, 0.1) is 6.92 Å². The summed E-state index contributed by atoms with van der Waals surface area (Å²) < 4.78 is 29.3. The van der Waals surface area contributed by atoms with Crippen LogP contribution in [0.1, 0.15) is 41.6 Å². The molecule has 6 nitrogen and oxygen atoms in total. The second-order valence-electron chi connectivity index (χ2n) is 7.31. The van der Waals surface area contributed by atoms with Gasteiger partial charge in [0.25, 0.3) is 5.91 Å². The average Bonchev–Trinajstić information content (AvgIpc) is 3.29. The summed E-state index contributed by atoms with van der Waals surface area (Å²) in [5.41, 5.74) is 1.88. The van der Waals surface area contributed by atoms with E-state index >= 15 is 0 Å². The van der Waals surface area contributed by atoms with Crippen molar-refractivity contribution in [1.82, 2.24) is 9.71 Å². The number of fused-ring (bicyclic) bond motifs is 1. The first-order chi connectivity index (χ1) is 14.2. The second kappa shape index (κ2) is 8.43. The minimum absolute atomic E-state index is 0.0169. The Labute approximate surface area is 188 Å². The lowest BCUT2D eigenvalue weighted by atomic mass is 10.2. The fraction of sp³-hybridized carbons (Fsp3) is 0.300. The Kier molecular flexibility index (Phi) is 6.05. The fourth-order valence-electron chi connectivity index (χ4n) is 3.49. The van der Waals surface area contributed by atoms with Gasteiger partial charge in [-0.1, -0.05) is 53.4 Å². The van der Waals surface area contributed by atoms with Crippen LogP contribution in [0.4, 0.5) is 5.13 Å². The summed E-state index contributed by atoms with van der Waals surface area (Å²) in [5, 5.41) is 3.14. The summed E-state index contributed by atoms with van der Waals surface area (Å²) in [5.74, 6) is -0.551. The number of thiazole rings is 1. The van der Waals surface area contributed by atoms with Gasteiger partial charge in [-0.05, 0) is 49.6 Å². The Bertz CT molecular complexity index is 1240. The average molecular weight is 484 g/mol. The summed E-state index contributed by atoms with van der Waals surface area (Å²) in [6.07, 6.45) is 3.54. The SMILES string of the molecule is Cc1ccc2nc(NC(=O)c3cc(S(=O)(=O)NC4CCCC4)c(Cl)cc3Cl)sc2c1. The monoisotopic (exact) mass is 483 g/mol. The third kappa shape index (κ3) is 4.48. The molecule has 0 bridgehead atoms. The van der Waals surface area contributed by atoms with Crippen LogP contribution in [-0.4, -0.2) is 25.4 Å². The number of aromatic nitrogens is 1. The van der Waals surface area contributed by atoms with E-state index < -0.39 is 15.9 Å². The molecule has 158 valence electrons. The molecule has 3 aromatic rings. The van der Waals surface area contributed by atoms with E-state index in [0.717, 1.165) is 41.5 Å². The van der Waals surface area contributed by atoms with Crippen molar-refractivity contribution in [2.24, 2.45) is 0 Å². The van der Waals surface area contributed by atoms with Crippen LogP contribution in [0.5, 0.6) is 0 Å². The number of nitrogens with one attached hydrogen (secondary N) is 2. The standard InChI is InChI=1S/C20H19Cl2N3O3S2/c1-11-6-7-16-17(8-11)29-20(23-16)24-19(26)13-9-18(15(22)10-14(13)21)30(27,28)25-12-4-2-3-5-12/h6-10,12,25H,2-5H2,1H3,(H,23,24,26). The highest BCUT2D eigenvalue weighted by Gasteiger charge is 2.27. The molecule has 30 heavy (non-hydrogen) atoms. The van der Waals surface area contributed by atoms with Crippen LogP contribution in [0.15, 0.2) is 35.2 Å². The number of carbonyl (C=O) groups is 1. The first kappa shape index (κ1) is 21.5. The number of hydrogen-bond donors (Lipinski definition) is 2. The molecule has 1 aromatic heterocycles. The molecule has 0 aliphatic heterocycles. The summed E-state index contributed by atoms with van der Waals surface area (Å²) in [6, 6.07) is 8.18. The number of rotatable bonds is 5. The van der Waals surface area contributed by atoms with Crippen molar-refractivity contribution >= 4 is 65.8 Å². The lowest BCUT2D eigenvalue weighted by Crippen LogP contribution is -2.33. The summed E-state index contributed by atoms with van der Waals surface area (Å²) in [4.78, 5) is 17.1. The Morgan fingerprint density at radius 1 is 1.13 bits per heavy atom. The topological polar surface area (TPSA) is 88.2 Å². The van der Waals surface area contributed by atoms with Gasteiger partial charge in [-0.2, -0.15) is 0 Å². The van der Waals surface area contributed by atoms with E-state index in [-0.39, 0.29) is 26.5 Å². The van der Waals surface area contributed by atoms with Gasteiger partial charge in [0.2, 0.25) is 10.0 Å². The molecular weight excluding hydrogens is 465 g/mol. The zero-order chi connectivity index (χ0) is 21.5. The zero-order valence-electron chi connectivity index (χ0n) is 16.0. The molecule has 1 saturated carbocycles. The number of carbonyl (C=O) groups excluding carboxylic acids is 1. The van der Waals surface area contributed by atoms with Crippen LogP contribution < -0.4 is 10.0 Å². The van der Waals surface area contributed by atoms with Gasteiger partial charge >= 0.3 is 0 Å². The van der Waals surface area contributed by atoms with E-state index in [1.54, 1.807) is 0 Å². The van der Waals surface area contributed by atoms with Crippen molar-refractivity contribution in [3.63, 3.8) is 0 Å². The van der Waals surface area contributed by atoms with Crippen LogP contribution in [0.25, 0.3) is 10.2 Å². The number of halogens is 2. The van der Waals surface area contributed by atoms with Crippen molar-refractivity contribution in [1.29, 1.82) is 0 Å². The number of anilines is 1. The molecule has 1 amide bonds. The predicted molar refractivity (Wildman–Crippen MR) is 121 cm³/mol. The molecular formula is C20H19Cl2N3O3S2. The number of benzene rings is 2. The minimum Gasteiger partial charge on any atom is -0.298 e. The smallest absolute Gasteiger partial charge is 0.259 e. The molecule has 1 heterocycles. The Hall–Kier alpha value is -1.71. The highest BCUT2D eigenvalue weighted by molar-refractivity contribution is 7.89. The maximum absolute atomic E-state index is 12.8. The first-order valence-corrected chi connectivity index (χ1v) is 12.5. The summed E-state index contributed by atoms with van der Waals surface area (Å²) >= 11 is 13.7. The van der Waals surface area contributed by atoms with Crippen LogP contribution >= 0.6 is 34.5 Å². The lowest BCUT2D eigenvalue weighted by Gasteiger charge is -2.15. The molecule has 4 rings (SSSR count). The molecule has 10 heteroatoms. The number of hydrogen-bond acceptors (Lipinski definition) is 5. The van der Waals surface area contributed by atoms with Crippen LogP contribution in [0.3, 0.4) is 0 Å². The normalized spacial score (nSPS) is 15.0. The van der Waals surface area contributed by atoms with Crippen molar-refractivity contribution < 1.29 is 13.2 Å². The second-order valence-corrected chi connectivity index (χ2v) is 10.8. The molecule has 0 radical (unpaired) electrons. The number of amides is 1. The zero-order valence-corrected chi connectivity index (χ0v) is 19.2. The summed E-state index contributed by atoms with van der Waals surface area (Å²) in [6.45, 7) is 1.98. The largest absolute Gasteiger partial charge is 0.298 e. The minimum atomic E-state index is -3.88. The maximum atomic E-state index is 12.8. The van der Waals surface area contributed by atoms with Crippen molar-refractivity contribution in [2.45, 2.75) is 43.5 Å². The van der Waals surface area contributed by atoms with E-state index in [2.05, 4.69) is 15.0 Å². The third-order valence-corrected chi connectivity index (χ3v) is 8.23. The van der Waals surface area contributed by atoms with E-state index in [4.69, 9.17) is 23.2 Å². The van der Waals surface area contributed by atoms with Gasteiger partial charge in [0.15, 0.2) is 5.13 Å². The van der Waals surface area contributed by atoms with Crippen LogP contribution in [0.2, 0.25) is 10.0 Å². The Morgan fingerprint density at radius 3 is 2.60 bits per heavy atom. The van der Waals surface area contributed by atoms with Gasteiger partial charge in [-0.3, -0.25) is 10.1 Å². The Morgan fingerprint density at radius 2 is 1.87 bits per heavy atom. The molecule has 0 saturated heterocycles. The molecule has 2 N–H and O–H groups in total. The van der Waals surface area contributed by atoms with E-state index in [9.17, 15) is 13.2 Å². The fourth-order valence-corrected chi connectivity index (χ4v) is 6.61. The quantitative estimate of drug-likeness (QED) is 0.509. The van der Waals surface area contributed by atoms with Crippen molar-refractivity contribution in [2.75, 3.05) is 5.32 Å². The van der Waals surface area contributed by atoms with E-state index in [1.807, 2.05) is 25.1 Å². The Balaban J connectivity index is 1.62. The van der Waals surface area contributed by atoms with E-state index in [1.165, 1.54) is 23.5 Å². The van der Waals surface area contributed by atoms with E-state index in [0.29, 0.717) is 5.13 Å². The predicted octanol–water partition coefficient (Wildman–Crippen LogP) is 5.38. The highest BCUT2D eigenvalue weighted by atomic mass is 35.5. The molecule has 1 aliphatic rings. The highest BCUT2D eigenvalue weighted by Crippen LogP contribution is 2.32. The number of aryl methyl sites for hydroxylation is 1. The lowest BCUT2D eigenvalue weighted by molar-refractivity contribution is 0.102. The van der Waals surface area contributed by atoms with Gasteiger partial charge in [0.05, 0.1) is 25.8 Å². The summed E-state index contributed by atoms with van der Waals surface area (Å²) in [7, 11) is -3.88. The maximum Gasteiger partial charge on any atom is 0.259 e. The molecule has 0 atom stereocenters. The van der Waals surface area contributed by atoms with Gasteiger partial charge < -0.3 is 0 Å². The van der Waals surface area contributed by atoms with Crippen LogP contribution in [-0.2, 0) is 10.0 Å². The van der Waals surface area contributed by atoms with Crippen molar-refractivity contribution in [3.05, 3.63) is 51.5 Å². The molecule has 0 unspecified atom stereocenters. The molecule has 1 aliphatic carbocycles. The van der Waals surface area contributed by atoms with Gasteiger partial charge in [0, 0.05) is 6.04 Å². The molecule has 0 spiro atoms. The molecule has 1 fully saturated rings. The van der Waals surface area contributed by atoms with Gasteiger partial charge in [0.1, 0.15) is 4.90 Å². The van der Waals surface area contributed by atoms with Crippen molar-refractivity contribution in [3.8, 4) is 0 Å². The number of sulfonamides is 1.